The number of ether oxygens (including phenoxy) is 1. The van der Waals surface area contributed by atoms with E-state index in [1.807, 2.05) is 17.7 Å². The lowest BCUT2D eigenvalue weighted by Crippen LogP contribution is -2.14. The molecule has 2 N–H and O–H groups in total. The van der Waals surface area contributed by atoms with E-state index in [4.69, 9.17) is 10.5 Å². The zero-order valence-corrected chi connectivity index (χ0v) is 11.7. The lowest BCUT2D eigenvalue weighted by molar-refractivity contribution is 0.0484. The van der Waals surface area contributed by atoms with Gasteiger partial charge in [0, 0.05) is 26.0 Å². The molecule has 0 aliphatic heterocycles. The van der Waals surface area contributed by atoms with Crippen molar-refractivity contribution in [2.24, 2.45) is 7.05 Å². The van der Waals surface area contributed by atoms with Crippen LogP contribution in [-0.2, 0) is 24.8 Å². The first-order valence-corrected chi connectivity index (χ1v) is 6.57. The summed E-state index contributed by atoms with van der Waals surface area (Å²) in [5.74, 6) is -0.428. The van der Waals surface area contributed by atoms with E-state index in [0.717, 1.165) is 18.7 Å². The molecule has 0 fully saturated rings. The largest absolute Gasteiger partial charge is 0.461 e. The van der Waals surface area contributed by atoms with Crippen molar-refractivity contribution < 1.29 is 9.53 Å². The first kappa shape index (κ1) is 14.1. The summed E-state index contributed by atoms with van der Waals surface area (Å²) in [6.45, 7) is 3.04. The normalized spacial score (nSPS) is 10.7. The molecule has 2 aromatic rings. The van der Waals surface area contributed by atoms with Crippen molar-refractivity contribution in [2.75, 3.05) is 12.3 Å². The Hall–Kier alpha value is -2.31. The van der Waals surface area contributed by atoms with E-state index in [9.17, 15) is 4.79 Å². The third kappa shape index (κ3) is 2.98. The Morgan fingerprint density at radius 3 is 2.90 bits per heavy atom. The summed E-state index contributed by atoms with van der Waals surface area (Å²) in [5.41, 5.74) is 7.36. The summed E-state index contributed by atoms with van der Waals surface area (Å²) in [7, 11) is 1.69. The van der Waals surface area contributed by atoms with Crippen LogP contribution in [0, 0.1) is 0 Å². The van der Waals surface area contributed by atoms with Gasteiger partial charge in [0.1, 0.15) is 0 Å². The number of esters is 1. The number of carbonyl (C=O) groups is 1. The minimum Gasteiger partial charge on any atom is -0.461 e. The zero-order chi connectivity index (χ0) is 14.5. The number of aryl methyl sites for hydroxylation is 3. The zero-order valence-electron chi connectivity index (χ0n) is 11.7. The standard InChI is InChI=1S/C13H19N5O2/c1-3-10-11(14)12(17(2)16-10)13(19)20-8-4-6-18-7-5-15-9-18/h5,7,9H,3-4,6,8,14H2,1-2H3. The highest BCUT2D eigenvalue weighted by Crippen LogP contribution is 2.17. The summed E-state index contributed by atoms with van der Waals surface area (Å²) >= 11 is 0. The molecular weight excluding hydrogens is 258 g/mol. The van der Waals surface area contributed by atoms with Gasteiger partial charge in [0.2, 0.25) is 0 Å². The second-order valence-electron chi connectivity index (χ2n) is 4.48. The molecule has 108 valence electrons. The number of nitrogens with two attached hydrogens (primary N) is 1. The molecule has 0 spiro atoms. The first-order valence-electron chi connectivity index (χ1n) is 6.57. The van der Waals surface area contributed by atoms with E-state index in [1.54, 1.807) is 19.6 Å². The highest BCUT2D eigenvalue weighted by molar-refractivity contribution is 5.93. The van der Waals surface area contributed by atoms with Crippen LogP contribution in [0.2, 0.25) is 0 Å². The van der Waals surface area contributed by atoms with Crippen molar-refractivity contribution in [1.29, 1.82) is 0 Å². The molecule has 20 heavy (non-hydrogen) atoms. The summed E-state index contributed by atoms with van der Waals surface area (Å²) in [6.07, 6.45) is 6.73. The van der Waals surface area contributed by atoms with E-state index in [0.29, 0.717) is 24.4 Å². The average Bonchev–Trinajstić information content (AvgIpc) is 3.02. The van der Waals surface area contributed by atoms with Crippen molar-refractivity contribution >= 4 is 11.7 Å². The number of nitrogens with zero attached hydrogens (tertiary/aromatic N) is 4. The molecule has 7 heteroatoms. The summed E-state index contributed by atoms with van der Waals surface area (Å²) in [6, 6.07) is 0. The number of aromatic nitrogens is 4. The van der Waals surface area contributed by atoms with E-state index in [1.165, 1.54) is 4.68 Å². The lowest BCUT2D eigenvalue weighted by Gasteiger charge is -2.06. The number of anilines is 1. The van der Waals surface area contributed by atoms with Gasteiger partial charge < -0.3 is 15.0 Å². The second-order valence-corrected chi connectivity index (χ2v) is 4.48. The molecule has 0 aliphatic carbocycles. The van der Waals surface area contributed by atoms with Crippen LogP contribution in [0.1, 0.15) is 29.5 Å². The van der Waals surface area contributed by atoms with Crippen LogP contribution in [0.3, 0.4) is 0 Å². The molecule has 0 amide bonds. The average molecular weight is 277 g/mol. The van der Waals surface area contributed by atoms with Gasteiger partial charge >= 0.3 is 5.97 Å². The van der Waals surface area contributed by atoms with E-state index in [2.05, 4.69) is 10.1 Å². The number of nitrogen functional groups attached to an aromatic ring is 1. The summed E-state index contributed by atoms with van der Waals surface area (Å²) in [4.78, 5) is 15.9. The molecule has 0 aromatic carbocycles. The van der Waals surface area contributed by atoms with Gasteiger partial charge in [-0.1, -0.05) is 6.92 Å². The molecule has 0 saturated carbocycles. The molecular formula is C13H19N5O2. The number of hydrogen-bond acceptors (Lipinski definition) is 5. The molecule has 2 rings (SSSR count). The Bertz CT molecular complexity index is 574. The van der Waals surface area contributed by atoms with Crippen molar-refractivity contribution in [3.63, 3.8) is 0 Å². The van der Waals surface area contributed by atoms with Crippen LogP contribution >= 0.6 is 0 Å². The monoisotopic (exact) mass is 277 g/mol. The third-order valence-electron chi connectivity index (χ3n) is 3.04. The molecule has 2 heterocycles. The van der Waals surface area contributed by atoms with Crippen molar-refractivity contribution in [3.8, 4) is 0 Å². The Morgan fingerprint density at radius 2 is 2.30 bits per heavy atom. The Morgan fingerprint density at radius 1 is 1.50 bits per heavy atom. The topological polar surface area (TPSA) is 88.0 Å². The predicted octanol–water partition coefficient (Wildman–Crippen LogP) is 1.01. The van der Waals surface area contributed by atoms with Gasteiger partial charge in [-0.15, -0.1) is 0 Å². The third-order valence-corrected chi connectivity index (χ3v) is 3.04. The minimum absolute atomic E-state index is 0.324. The number of rotatable bonds is 6. The minimum atomic E-state index is -0.428. The highest BCUT2D eigenvalue weighted by atomic mass is 16.5. The summed E-state index contributed by atoms with van der Waals surface area (Å²) in [5, 5.41) is 4.20. The fourth-order valence-corrected chi connectivity index (χ4v) is 2.00. The second kappa shape index (κ2) is 6.23. The van der Waals surface area contributed by atoms with Gasteiger partial charge in [0.25, 0.3) is 0 Å². The van der Waals surface area contributed by atoms with Crippen molar-refractivity contribution in [1.82, 2.24) is 19.3 Å². The maximum absolute atomic E-state index is 12.0. The molecule has 0 radical (unpaired) electrons. The fourth-order valence-electron chi connectivity index (χ4n) is 2.00. The maximum atomic E-state index is 12.0. The van der Waals surface area contributed by atoms with Crippen LogP contribution in [0.15, 0.2) is 18.7 Å². The Balaban J connectivity index is 1.87. The van der Waals surface area contributed by atoms with Crippen LogP contribution in [0.5, 0.6) is 0 Å². The van der Waals surface area contributed by atoms with Crippen LogP contribution in [-0.4, -0.2) is 31.9 Å². The molecule has 7 nitrogen and oxygen atoms in total. The van der Waals surface area contributed by atoms with E-state index < -0.39 is 5.97 Å². The van der Waals surface area contributed by atoms with Crippen LogP contribution in [0.4, 0.5) is 5.69 Å². The predicted molar refractivity (Wildman–Crippen MR) is 74.1 cm³/mol. The van der Waals surface area contributed by atoms with Crippen LogP contribution in [0.25, 0.3) is 0 Å². The van der Waals surface area contributed by atoms with Gasteiger partial charge in [-0.25, -0.2) is 9.78 Å². The van der Waals surface area contributed by atoms with Gasteiger partial charge in [-0.05, 0) is 12.8 Å². The molecule has 0 saturated heterocycles. The van der Waals surface area contributed by atoms with Crippen LogP contribution < -0.4 is 5.73 Å². The molecule has 0 bridgehead atoms. The highest BCUT2D eigenvalue weighted by Gasteiger charge is 2.20. The lowest BCUT2D eigenvalue weighted by atomic mass is 10.2. The Labute approximate surface area is 117 Å². The Kier molecular flexibility index (Phi) is 4.39. The molecule has 0 aliphatic rings. The molecule has 0 unspecified atom stereocenters. The molecule has 0 atom stereocenters. The quantitative estimate of drug-likeness (QED) is 0.629. The van der Waals surface area contributed by atoms with E-state index >= 15 is 0 Å². The first-order chi connectivity index (χ1) is 9.63. The fraction of sp³-hybridized carbons (Fsp3) is 0.462. The maximum Gasteiger partial charge on any atom is 0.358 e. The van der Waals surface area contributed by atoms with Gasteiger partial charge in [0.15, 0.2) is 5.69 Å². The van der Waals surface area contributed by atoms with Crippen molar-refractivity contribution in [3.05, 3.63) is 30.1 Å². The number of hydrogen-bond donors (Lipinski definition) is 1. The van der Waals surface area contributed by atoms with Gasteiger partial charge in [0.05, 0.1) is 24.3 Å². The number of carbonyl (C=O) groups excluding carboxylic acids is 1. The number of imidazole rings is 1. The molecule has 2 aromatic heterocycles. The van der Waals surface area contributed by atoms with E-state index in [-0.39, 0.29) is 0 Å². The summed E-state index contributed by atoms with van der Waals surface area (Å²) < 4.78 is 8.64. The smallest absolute Gasteiger partial charge is 0.358 e. The SMILES string of the molecule is CCc1nn(C)c(C(=O)OCCCn2ccnc2)c1N. The van der Waals surface area contributed by atoms with Crippen molar-refractivity contribution in [2.45, 2.75) is 26.3 Å². The van der Waals surface area contributed by atoms with Gasteiger partial charge in [-0.3, -0.25) is 4.68 Å². The van der Waals surface area contributed by atoms with Gasteiger partial charge in [-0.2, -0.15) is 5.10 Å².